The molecule has 1 amide bonds. The van der Waals surface area contributed by atoms with Crippen LogP contribution >= 0.6 is 0 Å². The lowest BCUT2D eigenvalue weighted by Crippen LogP contribution is -2.23. The Bertz CT molecular complexity index is 477. The fraction of sp³-hybridized carbons (Fsp3) is 0.500. The molecule has 1 fully saturated rings. The van der Waals surface area contributed by atoms with Crippen LogP contribution in [0.3, 0.4) is 0 Å². The molecule has 0 aliphatic carbocycles. The van der Waals surface area contributed by atoms with Crippen molar-refractivity contribution < 1.29 is 14.3 Å². The molecule has 0 atom stereocenters. The van der Waals surface area contributed by atoms with Crippen LogP contribution in [-0.4, -0.2) is 18.4 Å². The number of hydrogen-bond donors (Lipinski definition) is 0. The summed E-state index contributed by atoms with van der Waals surface area (Å²) in [6, 6.07) is 7.17. The Kier molecular flexibility index (Phi) is 4.77. The minimum atomic E-state index is -0.181. The Labute approximate surface area is 119 Å². The van der Waals surface area contributed by atoms with Gasteiger partial charge in [0.15, 0.2) is 0 Å². The van der Waals surface area contributed by atoms with Crippen molar-refractivity contribution >= 4 is 17.6 Å². The number of ether oxygens (including phenoxy) is 1. The van der Waals surface area contributed by atoms with Gasteiger partial charge in [-0.3, -0.25) is 9.59 Å². The van der Waals surface area contributed by atoms with Gasteiger partial charge in [0.25, 0.3) is 0 Å². The monoisotopic (exact) mass is 275 g/mol. The number of carbonyl (C=O) groups is 2. The lowest BCUT2D eigenvalue weighted by Gasteiger charge is -2.16. The van der Waals surface area contributed by atoms with Gasteiger partial charge in [-0.05, 0) is 43.5 Å². The van der Waals surface area contributed by atoms with E-state index < -0.39 is 0 Å². The molecule has 0 unspecified atom stereocenters. The molecule has 4 nitrogen and oxygen atoms in total. The highest BCUT2D eigenvalue weighted by Gasteiger charge is 2.22. The van der Waals surface area contributed by atoms with Crippen molar-refractivity contribution in [1.29, 1.82) is 0 Å². The van der Waals surface area contributed by atoms with E-state index in [4.69, 9.17) is 4.74 Å². The molecule has 1 aliphatic heterocycles. The minimum absolute atomic E-state index is 0.0464. The molecule has 0 spiro atoms. The fourth-order valence-corrected chi connectivity index (χ4v) is 2.44. The molecule has 1 aliphatic rings. The maximum absolute atomic E-state index is 11.9. The maximum atomic E-state index is 11.9. The maximum Gasteiger partial charge on any atom is 0.314 e. The predicted molar refractivity (Wildman–Crippen MR) is 77.7 cm³/mol. The summed E-state index contributed by atoms with van der Waals surface area (Å²) in [5, 5.41) is 0. The van der Waals surface area contributed by atoms with E-state index in [1.165, 1.54) is 0 Å². The third-order valence-electron chi connectivity index (χ3n) is 3.76. The van der Waals surface area contributed by atoms with Crippen LogP contribution in [0.15, 0.2) is 24.3 Å². The molecule has 1 saturated heterocycles. The fourth-order valence-electron chi connectivity index (χ4n) is 2.44. The Morgan fingerprint density at radius 2 is 1.90 bits per heavy atom. The van der Waals surface area contributed by atoms with Gasteiger partial charge in [-0.2, -0.15) is 0 Å². The van der Waals surface area contributed by atoms with Crippen molar-refractivity contribution in [3.05, 3.63) is 24.3 Å². The van der Waals surface area contributed by atoms with Crippen molar-refractivity contribution in [2.24, 2.45) is 5.92 Å². The zero-order chi connectivity index (χ0) is 14.5. The first-order valence-corrected chi connectivity index (χ1v) is 7.27. The van der Waals surface area contributed by atoms with Crippen LogP contribution < -0.4 is 9.64 Å². The lowest BCUT2D eigenvalue weighted by molar-refractivity contribution is -0.139. The number of esters is 1. The third-order valence-corrected chi connectivity index (χ3v) is 3.76. The van der Waals surface area contributed by atoms with Crippen LogP contribution in [0, 0.1) is 5.92 Å². The van der Waals surface area contributed by atoms with Crippen LogP contribution in [0.25, 0.3) is 0 Å². The van der Waals surface area contributed by atoms with Gasteiger partial charge in [0.1, 0.15) is 5.75 Å². The highest BCUT2D eigenvalue weighted by molar-refractivity contribution is 5.95. The van der Waals surface area contributed by atoms with Crippen molar-refractivity contribution in [3.63, 3.8) is 0 Å². The third kappa shape index (κ3) is 3.18. The zero-order valence-corrected chi connectivity index (χ0v) is 12.1. The molecule has 0 aromatic heterocycles. The topological polar surface area (TPSA) is 46.6 Å². The molecule has 108 valence electrons. The SMILES string of the molecule is CCC(CC)C(=O)Oc1ccc(N2CCCC2=O)cc1. The minimum Gasteiger partial charge on any atom is -0.426 e. The van der Waals surface area contributed by atoms with Gasteiger partial charge in [0.2, 0.25) is 5.91 Å². The molecule has 0 N–H and O–H groups in total. The van der Waals surface area contributed by atoms with E-state index >= 15 is 0 Å². The molecule has 1 heterocycles. The summed E-state index contributed by atoms with van der Waals surface area (Å²) in [6.07, 6.45) is 3.10. The average molecular weight is 275 g/mol. The summed E-state index contributed by atoms with van der Waals surface area (Å²) >= 11 is 0. The molecular weight excluding hydrogens is 254 g/mol. The first-order valence-electron chi connectivity index (χ1n) is 7.27. The first kappa shape index (κ1) is 14.6. The first-order chi connectivity index (χ1) is 9.65. The molecule has 0 radical (unpaired) electrons. The van der Waals surface area contributed by atoms with Crippen molar-refractivity contribution in [3.8, 4) is 5.75 Å². The Hall–Kier alpha value is -1.84. The van der Waals surface area contributed by atoms with Crippen LogP contribution in [0.5, 0.6) is 5.75 Å². The Balaban J connectivity index is 2.01. The van der Waals surface area contributed by atoms with Crippen molar-refractivity contribution in [2.45, 2.75) is 39.5 Å². The summed E-state index contributed by atoms with van der Waals surface area (Å²) in [6.45, 7) is 4.74. The van der Waals surface area contributed by atoms with Gasteiger partial charge >= 0.3 is 5.97 Å². The Morgan fingerprint density at radius 1 is 1.25 bits per heavy atom. The highest BCUT2D eigenvalue weighted by Crippen LogP contribution is 2.24. The molecule has 1 aromatic carbocycles. The molecule has 1 aromatic rings. The smallest absolute Gasteiger partial charge is 0.314 e. The van der Waals surface area contributed by atoms with Gasteiger partial charge in [-0.25, -0.2) is 0 Å². The predicted octanol–water partition coefficient (Wildman–Crippen LogP) is 3.16. The number of hydrogen-bond acceptors (Lipinski definition) is 3. The van der Waals surface area contributed by atoms with E-state index in [-0.39, 0.29) is 17.8 Å². The largest absolute Gasteiger partial charge is 0.426 e. The molecule has 0 saturated carbocycles. The van der Waals surface area contributed by atoms with E-state index in [2.05, 4.69) is 0 Å². The quantitative estimate of drug-likeness (QED) is 0.612. The highest BCUT2D eigenvalue weighted by atomic mass is 16.5. The second kappa shape index (κ2) is 6.55. The zero-order valence-electron chi connectivity index (χ0n) is 12.1. The average Bonchev–Trinajstić information content (AvgIpc) is 2.87. The number of anilines is 1. The lowest BCUT2D eigenvalue weighted by atomic mass is 10.0. The van der Waals surface area contributed by atoms with E-state index in [1.54, 1.807) is 17.0 Å². The van der Waals surface area contributed by atoms with Crippen LogP contribution in [0.1, 0.15) is 39.5 Å². The number of rotatable bonds is 5. The van der Waals surface area contributed by atoms with Gasteiger partial charge in [0, 0.05) is 18.7 Å². The number of amides is 1. The van der Waals surface area contributed by atoms with Gasteiger partial charge in [0.05, 0.1) is 5.92 Å². The van der Waals surface area contributed by atoms with Gasteiger partial charge in [-0.15, -0.1) is 0 Å². The van der Waals surface area contributed by atoms with E-state index in [1.807, 2.05) is 26.0 Å². The number of carbonyl (C=O) groups excluding carboxylic acids is 2. The second-order valence-corrected chi connectivity index (χ2v) is 5.08. The number of nitrogens with zero attached hydrogens (tertiary/aromatic N) is 1. The Morgan fingerprint density at radius 3 is 2.40 bits per heavy atom. The second-order valence-electron chi connectivity index (χ2n) is 5.08. The molecular formula is C16H21NO3. The van der Waals surface area contributed by atoms with Crippen molar-refractivity contribution in [2.75, 3.05) is 11.4 Å². The van der Waals surface area contributed by atoms with Crippen LogP contribution in [0.2, 0.25) is 0 Å². The normalized spacial score (nSPS) is 14.9. The molecule has 4 heteroatoms. The summed E-state index contributed by atoms with van der Waals surface area (Å²) in [7, 11) is 0. The van der Waals surface area contributed by atoms with Crippen LogP contribution in [-0.2, 0) is 9.59 Å². The van der Waals surface area contributed by atoms with E-state index in [9.17, 15) is 9.59 Å². The number of benzene rings is 1. The molecule has 20 heavy (non-hydrogen) atoms. The summed E-state index contributed by atoms with van der Waals surface area (Å²) in [5.41, 5.74) is 0.870. The van der Waals surface area contributed by atoms with E-state index in [0.29, 0.717) is 12.2 Å². The summed E-state index contributed by atoms with van der Waals surface area (Å²) in [4.78, 5) is 25.3. The van der Waals surface area contributed by atoms with Gasteiger partial charge in [-0.1, -0.05) is 13.8 Å². The summed E-state index contributed by atoms with van der Waals surface area (Å²) < 4.78 is 5.36. The molecule has 0 bridgehead atoms. The van der Waals surface area contributed by atoms with Crippen molar-refractivity contribution in [1.82, 2.24) is 0 Å². The standard InChI is InChI=1S/C16H21NO3/c1-3-12(4-2)16(19)20-14-9-7-13(8-10-14)17-11-5-6-15(17)18/h7-10,12H,3-6,11H2,1-2H3. The molecule has 2 rings (SSSR count). The summed E-state index contributed by atoms with van der Waals surface area (Å²) in [5.74, 6) is 0.471. The van der Waals surface area contributed by atoms with Gasteiger partial charge < -0.3 is 9.64 Å². The van der Waals surface area contributed by atoms with Crippen LogP contribution in [0.4, 0.5) is 5.69 Å². The van der Waals surface area contributed by atoms with E-state index in [0.717, 1.165) is 31.5 Å².